The molecule has 2 fully saturated rings. The molecule has 0 unspecified atom stereocenters. The van der Waals surface area contributed by atoms with Crippen molar-refractivity contribution >= 4 is 5.91 Å². The molecule has 4 nitrogen and oxygen atoms in total. The number of carbonyl (C=O) groups is 1. The fourth-order valence-electron chi connectivity index (χ4n) is 2.45. The van der Waals surface area contributed by atoms with Gasteiger partial charge in [-0.15, -0.1) is 0 Å². The van der Waals surface area contributed by atoms with Crippen LogP contribution in [0.4, 0.5) is 0 Å². The first-order chi connectivity index (χ1) is 7.75. The molecule has 0 spiro atoms. The zero-order valence-electron chi connectivity index (χ0n) is 9.78. The maximum absolute atomic E-state index is 11.6. The van der Waals surface area contributed by atoms with Gasteiger partial charge in [0, 0.05) is 31.7 Å². The molecule has 0 atom stereocenters. The Labute approximate surface area is 96.9 Å². The highest BCUT2D eigenvalue weighted by molar-refractivity contribution is 5.79. The van der Waals surface area contributed by atoms with E-state index in [0.717, 1.165) is 57.8 Å². The maximum Gasteiger partial charge on any atom is 0.223 e. The van der Waals surface area contributed by atoms with E-state index in [9.17, 15) is 4.79 Å². The summed E-state index contributed by atoms with van der Waals surface area (Å²) in [6.45, 7) is 2.58. The minimum absolute atomic E-state index is 0.185. The van der Waals surface area contributed by atoms with Crippen molar-refractivity contribution in [3.05, 3.63) is 0 Å². The van der Waals surface area contributed by atoms with Gasteiger partial charge in [0.25, 0.3) is 0 Å². The Morgan fingerprint density at radius 2 is 2.00 bits per heavy atom. The predicted octanol–water partition coefficient (Wildman–Crippen LogP) is 0.657. The molecular weight excluding hydrogens is 204 g/mol. The van der Waals surface area contributed by atoms with Gasteiger partial charge in [-0.3, -0.25) is 4.79 Å². The number of nitrogens with two attached hydrogens (primary N) is 1. The fourth-order valence-corrected chi connectivity index (χ4v) is 2.45. The van der Waals surface area contributed by atoms with E-state index in [4.69, 9.17) is 10.5 Å². The van der Waals surface area contributed by atoms with Gasteiger partial charge in [-0.1, -0.05) is 0 Å². The maximum atomic E-state index is 11.6. The van der Waals surface area contributed by atoms with Gasteiger partial charge >= 0.3 is 0 Å². The summed E-state index contributed by atoms with van der Waals surface area (Å²) in [4.78, 5) is 11.6. The number of nitrogens with one attached hydrogen (secondary N) is 1. The number of hydrogen-bond donors (Lipinski definition) is 2. The number of carbonyl (C=O) groups excluding carboxylic acids is 1. The number of amides is 1. The summed E-state index contributed by atoms with van der Waals surface area (Å²) < 4.78 is 5.30. The first-order valence-corrected chi connectivity index (χ1v) is 6.36. The van der Waals surface area contributed by atoms with Crippen molar-refractivity contribution in [2.45, 2.75) is 38.1 Å². The second kappa shape index (κ2) is 5.64. The summed E-state index contributed by atoms with van der Waals surface area (Å²) >= 11 is 0. The number of hydrogen-bond acceptors (Lipinski definition) is 3. The lowest BCUT2D eigenvalue weighted by atomic mass is 9.80. The van der Waals surface area contributed by atoms with Crippen LogP contribution in [0.25, 0.3) is 0 Å². The SMILES string of the molecule is NC1CC(C(=O)NCCC2CCOCC2)C1. The van der Waals surface area contributed by atoms with Crippen molar-refractivity contribution in [3.63, 3.8) is 0 Å². The van der Waals surface area contributed by atoms with Crippen LogP contribution < -0.4 is 11.1 Å². The average molecular weight is 226 g/mol. The lowest BCUT2D eigenvalue weighted by molar-refractivity contribution is -0.127. The second-order valence-corrected chi connectivity index (χ2v) is 5.06. The predicted molar refractivity (Wildman–Crippen MR) is 61.9 cm³/mol. The molecule has 1 saturated heterocycles. The van der Waals surface area contributed by atoms with Gasteiger partial charge in [-0.25, -0.2) is 0 Å². The van der Waals surface area contributed by atoms with Crippen molar-refractivity contribution in [1.82, 2.24) is 5.32 Å². The van der Waals surface area contributed by atoms with E-state index in [1.54, 1.807) is 0 Å². The molecule has 0 radical (unpaired) electrons. The molecule has 1 aliphatic carbocycles. The highest BCUT2D eigenvalue weighted by Gasteiger charge is 2.31. The lowest BCUT2D eigenvalue weighted by Crippen LogP contribution is -2.45. The Hall–Kier alpha value is -0.610. The van der Waals surface area contributed by atoms with E-state index in [2.05, 4.69) is 5.32 Å². The molecule has 1 saturated carbocycles. The standard InChI is InChI=1S/C12H22N2O2/c13-11-7-10(8-11)12(15)14-4-1-9-2-5-16-6-3-9/h9-11H,1-8,13H2,(H,14,15). The van der Waals surface area contributed by atoms with E-state index in [1.807, 2.05) is 0 Å². The third-order valence-electron chi connectivity index (χ3n) is 3.74. The first kappa shape index (κ1) is 11.9. The summed E-state index contributed by atoms with van der Waals surface area (Å²) in [5, 5.41) is 3.02. The van der Waals surface area contributed by atoms with Crippen LogP contribution in [0.2, 0.25) is 0 Å². The normalized spacial score (nSPS) is 30.8. The van der Waals surface area contributed by atoms with Gasteiger partial charge in [0.2, 0.25) is 5.91 Å². The Morgan fingerprint density at radius 3 is 2.62 bits per heavy atom. The Kier molecular flexibility index (Phi) is 4.18. The van der Waals surface area contributed by atoms with E-state index >= 15 is 0 Å². The molecule has 0 aromatic carbocycles. The second-order valence-electron chi connectivity index (χ2n) is 5.06. The fraction of sp³-hybridized carbons (Fsp3) is 0.917. The Balaban J connectivity index is 1.55. The van der Waals surface area contributed by atoms with Crippen LogP contribution in [0, 0.1) is 11.8 Å². The van der Waals surface area contributed by atoms with Gasteiger partial charge < -0.3 is 15.8 Å². The Morgan fingerprint density at radius 1 is 1.31 bits per heavy atom. The molecule has 2 aliphatic rings. The highest BCUT2D eigenvalue weighted by Crippen LogP contribution is 2.25. The summed E-state index contributed by atoms with van der Waals surface area (Å²) in [5.41, 5.74) is 5.66. The van der Waals surface area contributed by atoms with Crippen LogP contribution in [0.5, 0.6) is 0 Å². The van der Waals surface area contributed by atoms with Crippen LogP contribution in [0.15, 0.2) is 0 Å². The van der Waals surface area contributed by atoms with Crippen LogP contribution in [-0.2, 0) is 9.53 Å². The van der Waals surface area contributed by atoms with E-state index in [-0.39, 0.29) is 17.9 Å². The zero-order valence-corrected chi connectivity index (χ0v) is 9.78. The van der Waals surface area contributed by atoms with Crippen LogP contribution in [-0.4, -0.2) is 31.7 Å². The van der Waals surface area contributed by atoms with Gasteiger partial charge in [0.05, 0.1) is 0 Å². The molecule has 92 valence electrons. The van der Waals surface area contributed by atoms with Gasteiger partial charge in [-0.05, 0) is 38.0 Å². The summed E-state index contributed by atoms with van der Waals surface area (Å²) in [5.74, 6) is 1.12. The lowest BCUT2D eigenvalue weighted by Gasteiger charge is -2.31. The topological polar surface area (TPSA) is 64.4 Å². The Bertz CT molecular complexity index is 233. The van der Waals surface area contributed by atoms with Crippen LogP contribution in [0.1, 0.15) is 32.1 Å². The van der Waals surface area contributed by atoms with Crippen LogP contribution in [0.3, 0.4) is 0 Å². The third kappa shape index (κ3) is 3.19. The van der Waals surface area contributed by atoms with Gasteiger partial charge in [0.15, 0.2) is 0 Å². The molecular formula is C12H22N2O2. The summed E-state index contributed by atoms with van der Waals surface area (Å²) in [6, 6.07) is 0.256. The smallest absolute Gasteiger partial charge is 0.223 e. The minimum Gasteiger partial charge on any atom is -0.381 e. The molecule has 0 bridgehead atoms. The molecule has 4 heteroatoms. The summed E-state index contributed by atoms with van der Waals surface area (Å²) in [6.07, 6.45) is 5.11. The van der Waals surface area contributed by atoms with Crippen LogP contribution >= 0.6 is 0 Å². The average Bonchev–Trinajstić information content (AvgIpc) is 2.26. The molecule has 3 N–H and O–H groups in total. The number of ether oxygens (including phenoxy) is 1. The first-order valence-electron chi connectivity index (χ1n) is 6.36. The van der Waals surface area contributed by atoms with Crippen molar-refractivity contribution < 1.29 is 9.53 Å². The van der Waals surface area contributed by atoms with E-state index in [0.29, 0.717) is 0 Å². The number of rotatable bonds is 4. The third-order valence-corrected chi connectivity index (χ3v) is 3.74. The largest absolute Gasteiger partial charge is 0.381 e. The molecule has 0 aromatic rings. The van der Waals surface area contributed by atoms with Crippen molar-refractivity contribution in [2.75, 3.05) is 19.8 Å². The quantitative estimate of drug-likeness (QED) is 0.740. The van der Waals surface area contributed by atoms with Crippen molar-refractivity contribution in [2.24, 2.45) is 17.6 Å². The van der Waals surface area contributed by atoms with Gasteiger partial charge in [0.1, 0.15) is 0 Å². The molecule has 1 amide bonds. The molecule has 1 heterocycles. The molecule has 0 aromatic heterocycles. The van der Waals surface area contributed by atoms with E-state index in [1.165, 1.54) is 0 Å². The minimum atomic E-state index is 0.185. The van der Waals surface area contributed by atoms with Crippen molar-refractivity contribution in [3.8, 4) is 0 Å². The molecule has 2 rings (SSSR count). The summed E-state index contributed by atoms with van der Waals surface area (Å²) in [7, 11) is 0. The van der Waals surface area contributed by atoms with Gasteiger partial charge in [-0.2, -0.15) is 0 Å². The monoisotopic (exact) mass is 226 g/mol. The zero-order chi connectivity index (χ0) is 11.4. The molecule has 1 aliphatic heterocycles. The highest BCUT2D eigenvalue weighted by atomic mass is 16.5. The van der Waals surface area contributed by atoms with E-state index < -0.39 is 0 Å². The molecule has 16 heavy (non-hydrogen) atoms. The van der Waals surface area contributed by atoms with Crippen molar-refractivity contribution in [1.29, 1.82) is 0 Å².